The number of halogens is 3. The summed E-state index contributed by atoms with van der Waals surface area (Å²) in [5, 5.41) is 5.97. The van der Waals surface area contributed by atoms with Gasteiger partial charge in [-0.25, -0.2) is 4.98 Å². The first-order chi connectivity index (χ1) is 12.4. The predicted molar refractivity (Wildman–Crippen MR) is 93.1 cm³/mol. The molecule has 0 unspecified atom stereocenters. The first kappa shape index (κ1) is 17.7. The molecule has 0 atom stereocenters. The van der Waals surface area contributed by atoms with Crippen LogP contribution in [0.2, 0.25) is 0 Å². The Bertz CT molecular complexity index is 881. The topological polar surface area (TPSA) is 62.7 Å². The molecular weight excluding hydrogens is 343 g/mol. The van der Waals surface area contributed by atoms with Gasteiger partial charge in [-0.15, -0.1) is 0 Å². The molecule has 3 aromatic rings. The van der Waals surface area contributed by atoms with Crippen molar-refractivity contribution in [2.75, 3.05) is 10.6 Å². The van der Waals surface area contributed by atoms with Gasteiger partial charge in [0, 0.05) is 36.4 Å². The van der Waals surface area contributed by atoms with E-state index in [4.69, 9.17) is 0 Å². The van der Waals surface area contributed by atoms with Crippen LogP contribution in [0.5, 0.6) is 0 Å². The van der Waals surface area contributed by atoms with Gasteiger partial charge in [0.1, 0.15) is 5.82 Å². The minimum atomic E-state index is -4.40. The Morgan fingerprint density at radius 1 is 1.04 bits per heavy atom. The number of anilines is 3. The molecule has 0 bridgehead atoms. The minimum absolute atomic E-state index is 0.220. The Hall–Kier alpha value is -3.16. The van der Waals surface area contributed by atoms with Crippen LogP contribution in [-0.2, 0) is 12.7 Å². The van der Waals surface area contributed by atoms with Crippen LogP contribution in [0.25, 0.3) is 0 Å². The van der Waals surface area contributed by atoms with E-state index < -0.39 is 11.7 Å². The van der Waals surface area contributed by atoms with Crippen molar-refractivity contribution in [2.24, 2.45) is 0 Å². The monoisotopic (exact) mass is 359 g/mol. The minimum Gasteiger partial charge on any atom is -0.366 e. The van der Waals surface area contributed by atoms with Gasteiger partial charge >= 0.3 is 6.18 Å². The van der Waals surface area contributed by atoms with E-state index in [9.17, 15) is 13.2 Å². The highest BCUT2D eigenvalue weighted by Gasteiger charge is 2.30. The van der Waals surface area contributed by atoms with Gasteiger partial charge in [-0.05, 0) is 36.8 Å². The lowest BCUT2D eigenvalue weighted by Crippen LogP contribution is -2.07. The van der Waals surface area contributed by atoms with Gasteiger partial charge in [-0.3, -0.25) is 4.98 Å². The number of hydrogen-bond donors (Lipinski definition) is 2. The van der Waals surface area contributed by atoms with E-state index in [0.717, 1.165) is 17.7 Å². The number of benzene rings is 1. The number of aromatic nitrogens is 3. The smallest absolute Gasteiger partial charge is 0.366 e. The molecular formula is C18H16F3N5. The second-order valence-electron chi connectivity index (χ2n) is 5.64. The molecule has 0 amide bonds. The number of hydrogen-bond acceptors (Lipinski definition) is 5. The van der Waals surface area contributed by atoms with E-state index in [2.05, 4.69) is 25.6 Å². The maximum Gasteiger partial charge on any atom is 0.416 e. The van der Waals surface area contributed by atoms with Crippen LogP contribution < -0.4 is 10.6 Å². The summed E-state index contributed by atoms with van der Waals surface area (Å²) in [6.07, 6.45) is -0.972. The zero-order chi connectivity index (χ0) is 18.6. The molecule has 0 aliphatic rings. The average Bonchev–Trinajstić information content (AvgIpc) is 2.60. The molecule has 0 aliphatic carbocycles. The van der Waals surface area contributed by atoms with Crippen molar-refractivity contribution in [3.05, 3.63) is 71.7 Å². The normalized spacial score (nSPS) is 11.2. The third-order valence-corrected chi connectivity index (χ3v) is 3.50. The first-order valence-electron chi connectivity index (χ1n) is 7.83. The van der Waals surface area contributed by atoms with Gasteiger partial charge in [-0.2, -0.15) is 18.2 Å². The number of nitrogens with zero attached hydrogens (tertiary/aromatic N) is 3. The molecule has 3 rings (SSSR count). The summed E-state index contributed by atoms with van der Waals surface area (Å²) in [5.74, 6) is 0.786. The predicted octanol–water partition coefficient (Wildman–Crippen LogP) is 4.55. The van der Waals surface area contributed by atoms with Gasteiger partial charge in [-0.1, -0.05) is 12.1 Å². The second-order valence-corrected chi connectivity index (χ2v) is 5.64. The number of alkyl halides is 3. The Morgan fingerprint density at radius 3 is 2.62 bits per heavy atom. The molecule has 0 saturated heterocycles. The summed E-state index contributed by atoms with van der Waals surface area (Å²) in [4.78, 5) is 12.6. The van der Waals surface area contributed by atoms with Crippen molar-refractivity contribution < 1.29 is 13.2 Å². The van der Waals surface area contributed by atoms with E-state index in [1.807, 2.05) is 12.1 Å². The van der Waals surface area contributed by atoms with Crippen molar-refractivity contribution in [1.29, 1.82) is 0 Å². The highest BCUT2D eigenvalue weighted by Crippen LogP contribution is 2.31. The lowest BCUT2D eigenvalue weighted by atomic mass is 10.2. The van der Waals surface area contributed by atoms with Gasteiger partial charge in [0.05, 0.1) is 5.56 Å². The van der Waals surface area contributed by atoms with Crippen LogP contribution in [0.15, 0.2) is 54.9 Å². The SMILES string of the molecule is Cc1cc(NCc2cccnc2)nc(Nc2cccc(C(F)(F)F)c2)n1. The van der Waals surface area contributed by atoms with E-state index >= 15 is 0 Å². The number of aryl methyl sites for hydroxylation is 1. The van der Waals surface area contributed by atoms with Crippen LogP contribution in [0.1, 0.15) is 16.8 Å². The van der Waals surface area contributed by atoms with Crippen molar-refractivity contribution in [2.45, 2.75) is 19.6 Å². The highest BCUT2D eigenvalue weighted by atomic mass is 19.4. The fraction of sp³-hybridized carbons (Fsp3) is 0.167. The van der Waals surface area contributed by atoms with Crippen molar-refractivity contribution >= 4 is 17.5 Å². The molecule has 2 heterocycles. The fourth-order valence-electron chi connectivity index (χ4n) is 2.31. The summed E-state index contributed by atoms with van der Waals surface area (Å²) < 4.78 is 38.5. The Balaban J connectivity index is 1.75. The van der Waals surface area contributed by atoms with E-state index in [0.29, 0.717) is 18.1 Å². The van der Waals surface area contributed by atoms with Crippen LogP contribution >= 0.6 is 0 Å². The Morgan fingerprint density at radius 2 is 1.88 bits per heavy atom. The van der Waals surface area contributed by atoms with Gasteiger partial charge in [0.15, 0.2) is 0 Å². The Kier molecular flexibility index (Phi) is 5.01. The molecule has 0 aliphatic heterocycles. The van der Waals surface area contributed by atoms with Crippen LogP contribution in [0, 0.1) is 6.92 Å². The first-order valence-corrected chi connectivity index (χ1v) is 7.83. The molecule has 0 saturated carbocycles. The van der Waals surface area contributed by atoms with E-state index in [-0.39, 0.29) is 11.6 Å². The number of rotatable bonds is 5. The lowest BCUT2D eigenvalue weighted by molar-refractivity contribution is -0.137. The van der Waals surface area contributed by atoms with E-state index in [1.54, 1.807) is 25.4 Å². The van der Waals surface area contributed by atoms with Crippen molar-refractivity contribution in [3.8, 4) is 0 Å². The molecule has 5 nitrogen and oxygen atoms in total. The fourth-order valence-corrected chi connectivity index (χ4v) is 2.31. The largest absolute Gasteiger partial charge is 0.416 e. The molecule has 1 aromatic carbocycles. The molecule has 0 spiro atoms. The standard InChI is InChI=1S/C18H16F3N5/c1-12-8-16(23-11-13-4-3-7-22-10-13)26-17(24-12)25-15-6-2-5-14(9-15)18(19,20)21/h2-10H,11H2,1H3,(H2,23,24,25,26). The highest BCUT2D eigenvalue weighted by molar-refractivity contribution is 5.56. The average molecular weight is 359 g/mol. The quantitative estimate of drug-likeness (QED) is 0.699. The van der Waals surface area contributed by atoms with Crippen LogP contribution in [0.3, 0.4) is 0 Å². The van der Waals surface area contributed by atoms with Gasteiger partial charge in [0.25, 0.3) is 0 Å². The molecule has 2 aromatic heterocycles. The third kappa shape index (κ3) is 4.69. The molecule has 134 valence electrons. The lowest BCUT2D eigenvalue weighted by Gasteiger charge is -2.12. The van der Waals surface area contributed by atoms with Gasteiger partial charge < -0.3 is 10.6 Å². The summed E-state index contributed by atoms with van der Waals surface area (Å²) in [5.41, 5.74) is 1.20. The maximum atomic E-state index is 12.8. The zero-order valence-corrected chi connectivity index (χ0v) is 13.9. The van der Waals surface area contributed by atoms with Crippen molar-refractivity contribution in [1.82, 2.24) is 15.0 Å². The third-order valence-electron chi connectivity index (χ3n) is 3.50. The maximum absolute atomic E-state index is 12.8. The van der Waals surface area contributed by atoms with Gasteiger partial charge in [0.2, 0.25) is 5.95 Å². The Labute approximate surface area is 148 Å². The summed E-state index contributed by atoms with van der Waals surface area (Å²) in [7, 11) is 0. The second kappa shape index (κ2) is 7.38. The molecule has 26 heavy (non-hydrogen) atoms. The summed E-state index contributed by atoms with van der Waals surface area (Å²) in [6, 6.07) is 10.4. The molecule has 0 fully saturated rings. The zero-order valence-electron chi connectivity index (χ0n) is 13.9. The van der Waals surface area contributed by atoms with Crippen LogP contribution in [-0.4, -0.2) is 15.0 Å². The van der Waals surface area contributed by atoms with Crippen LogP contribution in [0.4, 0.5) is 30.6 Å². The summed E-state index contributed by atoms with van der Waals surface area (Å²) in [6.45, 7) is 2.31. The molecule has 8 heteroatoms. The number of pyridine rings is 1. The van der Waals surface area contributed by atoms with Crippen molar-refractivity contribution in [3.63, 3.8) is 0 Å². The summed E-state index contributed by atoms with van der Waals surface area (Å²) >= 11 is 0. The molecule has 0 radical (unpaired) electrons. The molecule has 2 N–H and O–H groups in total. The van der Waals surface area contributed by atoms with E-state index in [1.165, 1.54) is 12.1 Å². The number of nitrogens with one attached hydrogen (secondary N) is 2.